The van der Waals surface area contributed by atoms with Gasteiger partial charge in [0.15, 0.2) is 0 Å². The topological polar surface area (TPSA) is 90.8 Å². The van der Waals surface area contributed by atoms with E-state index in [0.29, 0.717) is 11.5 Å². The Hall–Kier alpha value is -2.21. The van der Waals surface area contributed by atoms with Crippen molar-refractivity contribution in [3.05, 3.63) is 35.4 Å². The highest BCUT2D eigenvalue weighted by Crippen LogP contribution is 2.51. The third kappa shape index (κ3) is 4.69. The van der Waals surface area contributed by atoms with E-state index in [0.717, 1.165) is 6.42 Å². The van der Waals surface area contributed by atoms with Crippen molar-refractivity contribution in [1.82, 2.24) is 10.9 Å². The molecule has 3 N–H and O–H groups in total. The first-order valence-electron chi connectivity index (χ1n) is 9.04. The van der Waals surface area contributed by atoms with Crippen molar-refractivity contribution in [1.29, 1.82) is 0 Å². The number of hydroxylamine groups is 1. The first-order valence-corrected chi connectivity index (χ1v) is 9.04. The van der Waals surface area contributed by atoms with Crippen LogP contribution in [0.5, 0.6) is 0 Å². The SMILES string of the molecule is CC1(C)CCCC(C)(C)C1CC=NNC(=O)c1ccc(C(=O)NO)cc1. The normalized spacial score (nSPS) is 19.3. The summed E-state index contributed by atoms with van der Waals surface area (Å²) in [6.45, 7) is 9.26. The van der Waals surface area contributed by atoms with Gasteiger partial charge in [-0.05, 0) is 60.3 Å². The van der Waals surface area contributed by atoms with Gasteiger partial charge in [0.25, 0.3) is 11.8 Å². The van der Waals surface area contributed by atoms with Crippen molar-refractivity contribution in [2.24, 2.45) is 21.8 Å². The second kappa shape index (κ2) is 7.99. The molecule has 1 fully saturated rings. The van der Waals surface area contributed by atoms with Crippen LogP contribution in [0.2, 0.25) is 0 Å². The number of hydrazone groups is 1. The van der Waals surface area contributed by atoms with Crippen molar-refractivity contribution in [3.63, 3.8) is 0 Å². The van der Waals surface area contributed by atoms with Gasteiger partial charge in [0, 0.05) is 17.3 Å². The van der Waals surface area contributed by atoms with E-state index in [2.05, 4.69) is 38.2 Å². The van der Waals surface area contributed by atoms with Crippen LogP contribution < -0.4 is 10.9 Å². The maximum atomic E-state index is 12.1. The molecule has 0 saturated heterocycles. The lowest BCUT2D eigenvalue weighted by Gasteiger charge is -2.49. The van der Waals surface area contributed by atoms with Gasteiger partial charge in [0.2, 0.25) is 0 Å². The van der Waals surface area contributed by atoms with Crippen LogP contribution in [0.1, 0.15) is 74.1 Å². The largest absolute Gasteiger partial charge is 0.288 e. The molecule has 6 heteroatoms. The zero-order valence-corrected chi connectivity index (χ0v) is 16.0. The van der Waals surface area contributed by atoms with Crippen molar-refractivity contribution >= 4 is 18.0 Å². The molecular weight excluding hydrogens is 330 g/mol. The lowest BCUT2D eigenvalue weighted by atomic mass is 9.56. The zero-order valence-electron chi connectivity index (χ0n) is 16.0. The molecule has 0 radical (unpaired) electrons. The monoisotopic (exact) mass is 359 g/mol. The molecule has 2 amide bonds. The Kier molecular flexibility index (Phi) is 6.18. The van der Waals surface area contributed by atoms with E-state index in [1.165, 1.54) is 43.5 Å². The van der Waals surface area contributed by atoms with Crippen LogP contribution in [-0.2, 0) is 0 Å². The smallest absolute Gasteiger partial charge is 0.274 e. The van der Waals surface area contributed by atoms with Crippen LogP contribution >= 0.6 is 0 Å². The van der Waals surface area contributed by atoms with E-state index in [1.54, 1.807) is 11.7 Å². The number of rotatable bonds is 5. The summed E-state index contributed by atoms with van der Waals surface area (Å²) < 4.78 is 0. The molecule has 0 bridgehead atoms. The van der Waals surface area contributed by atoms with Gasteiger partial charge >= 0.3 is 0 Å². The van der Waals surface area contributed by atoms with E-state index < -0.39 is 5.91 Å². The van der Waals surface area contributed by atoms with Gasteiger partial charge in [-0.25, -0.2) is 10.9 Å². The lowest BCUT2D eigenvalue weighted by Crippen LogP contribution is -2.40. The van der Waals surface area contributed by atoms with Crippen LogP contribution in [0, 0.1) is 16.7 Å². The van der Waals surface area contributed by atoms with Crippen LogP contribution in [0.3, 0.4) is 0 Å². The fourth-order valence-corrected chi connectivity index (χ4v) is 4.21. The minimum Gasteiger partial charge on any atom is -0.288 e. The summed E-state index contributed by atoms with van der Waals surface area (Å²) in [7, 11) is 0. The summed E-state index contributed by atoms with van der Waals surface area (Å²) >= 11 is 0. The summed E-state index contributed by atoms with van der Waals surface area (Å²) in [4.78, 5) is 23.4. The van der Waals surface area contributed by atoms with Gasteiger partial charge in [-0.3, -0.25) is 14.8 Å². The third-order valence-electron chi connectivity index (χ3n) is 5.64. The second-order valence-electron chi connectivity index (χ2n) is 8.39. The van der Waals surface area contributed by atoms with Gasteiger partial charge < -0.3 is 0 Å². The number of nitrogens with one attached hydrogen (secondary N) is 2. The second-order valence-corrected chi connectivity index (χ2v) is 8.39. The molecule has 26 heavy (non-hydrogen) atoms. The highest BCUT2D eigenvalue weighted by molar-refractivity contribution is 5.97. The minimum atomic E-state index is -0.618. The van der Waals surface area contributed by atoms with E-state index in [4.69, 9.17) is 5.21 Å². The maximum absolute atomic E-state index is 12.1. The Morgan fingerprint density at radius 1 is 1.08 bits per heavy atom. The predicted octanol–water partition coefficient (Wildman–Crippen LogP) is 3.76. The summed E-state index contributed by atoms with van der Waals surface area (Å²) in [5.74, 6) is -0.437. The average molecular weight is 359 g/mol. The molecule has 0 unspecified atom stereocenters. The summed E-state index contributed by atoms with van der Waals surface area (Å²) in [5, 5.41) is 12.7. The predicted molar refractivity (Wildman–Crippen MR) is 101 cm³/mol. The van der Waals surface area contributed by atoms with E-state index in [9.17, 15) is 9.59 Å². The molecule has 1 saturated carbocycles. The van der Waals surface area contributed by atoms with E-state index >= 15 is 0 Å². The quantitative estimate of drug-likeness (QED) is 0.425. The summed E-state index contributed by atoms with van der Waals surface area (Å²) in [6, 6.07) is 5.97. The number of amides is 2. The number of hydrogen-bond acceptors (Lipinski definition) is 4. The fraction of sp³-hybridized carbons (Fsp3) is 0.550. The molecule has 1 aromatic carbocycles. The Morgan fingerprint density at radius 3 is 2.08 bits per heavy atom. The van der Waals surface area contributed by atoms with Crippen molar-refractivity contribution < 1.29 is 14.8 Å². The van der Waals surface area contributed by atoms with Gasteiger partial charge in [0.05, 0.1) is 0 Å². The van der Waals surface area contributed by atoms with Crippen LogP contribution in [-0.4, -0.2) is 23.2 Å². The van der Waals surface area contributed by atoms with Crippen molar-refractivity contribution in [2.75, 3.05) is 0 Å². The first-order chi connectivity index (χ1) is 12.2. The Bertz CT molecular complexity index is 662. The summed E-state index contributed by atoms with van der Waals surface area (Å²) in [5.41, 5.74) is 5.29. The Balaban J connectivity index is 1.93. The average Bonchev–Trinajstić information content (AvgIpc) is 2.59. The van der Waals surface area contributed by atoms with Crippen molar-refractivity contribution in [3.8, 4) is 0 Å². The molecule has 142 valence electrons. The van der Waals surface area contributed by atoms with Crippen LogP contribution in [0.25, 0.3) is 0 Å². The number of hydrogen-bond donors (Lipinski definition) is 3. The third-order valence-corrected chi connectivity index (χ3v) is 5.64. The molecule has 0 aromatic heterocycles. The first kappa shape index (κ1) is 20.1. The Labute approximate surface area is 155 Å². The van der Waals surface area contributed by atoms with E-state index in [-0.39, 0.29) is 22.3 Å². The zero-order chi connectivity index (χ0) is 19.4. The molecule has 0 atom stereocenters. The lowest BCUT2D eigenvalue weighted by molar-refractivity contribution is 0.0206. The highest BCUT2D eigenvalue weighted by atomic mass is 16.5. The van der Waals surface area contributed by atoms with Crippen molar-refractivity contribution in [2.45, 2.75) is 53.4 Å². The molecule has 0 aliphatic heterocycles. The molecule has 6 nitrogen and oxygen atoms in total. The standard InChI is InChI=1S/C20H29N3O3/c1-19(2)11-5-12-20(3,4)16(19)10-13-21-22-17(24)14-6-8-15(9-7-14)18(25)23-26/h6-9,13,16,26H,5,10-12H2,1-4H3,(H,22,24)(H,23,25). The molecule has 2 rings (SSSR count). The molecular formula is C20H29N3O3. The number of benzene rings is 1. The molecule has 1 aliphatic carbocycles. The van der Waals surface area contributed by atoms with Gasteiger partial charge in [-0.2, -0.15) is 5.10 Å². The maximum Gasteiger partial charge on any atom is 0.274 e. The number of nitrogens with zero attached hydrogens (tertiary/aromatic N) is 1. The number of carbonyl (C=O) groups is 2. The van der Waals surface area contributed by atoms with Gasteiger partial charge in [-0.1, -0.05) is 34.1 Å². The van der Waals surface area contributed by atoms with E-state index in [1.807, 2.05) is 0 Å². The summed E-state index contributed by atoms with van der Waals surface area (Å²) in [6.07, 6.45) is 6.32. The molecule has 1 aliphatic rings. The molecule has 0 spiro atoms. The Morgan fingerprint density at radius 2 is 1.58 bits per heavy atom. The minimum absolute atomic E-state index is 0.265. The van der Waals surface area contributed by atoms with Gasteiger partial charge in [-0.15, -0.1) is 0 Å². The highest BCUT2D eigenvalue weighted by Gasteiger charge is 2.42. The number of carbonyl (C=O) groups excluding carboxylic acids is 2. The van der Waals surface area contributed by atoms with Gasteiger partial charge in [0.1, 0.15) is 0 Å². The molecule has 1 aromatic rings. The van der Waals surface area contributed by atoms with Crippen LogP contribution in [0.15, 0.2) is 29.4 Å². The molecule has 0 heterocycles. The van der Waals surface area contributed by atoms with Crippen LogP contribution in [0.4, 0.5) is 0 Å². The fourth-order valence-electron chi connectivity index (χ4n) is 4.21.